The Balaban J connectivity index is 1.36. The highest BCUT2D eigenvalue weighted by Gasteiger charge is 2.31. The molecule has 2 saturated heterocycles. The standard InChI is InChI=1S/C29H38BrN5O2/c1-18-13-19(2)32-29(37)26(18)16-31-28(36)25-15-24-14-22(30)17-35(24)27(20(25)3)21(4)33-11-7-23(8-12-33)34-9-5-6-10-34/h13-15,17,21,23,26H,5-12,16H2,1-4H3,(H,31,36). The fourth-order valence-electron chi connectivity index (χ4n) is 6.46. The van der Waals surface area contributed by atoms with Gasteiger partial charge in [0.15, 0.2) is 0 Å². The first-order valence-electron chi connectivity index (χ1n) is 13.6. The largest absolute Gasteiger partial charge is 0.351 e. The average molecular weight is 569 g/mol. The van der Waals surface area contributed by atoms with Crippen molar-refractivity contribution in [3.63, 3.8) is 0 Å². The van der Waals surface area contributed by atoms with Gasteiger partial charge in [-0.3, -0.25) is 14.5 Å². The monoisotopic (exact) mass is 567 g/mol. The van der Waals surface area contributed by atoms with E-state index in [0.29, 0.717) is 17.3 Å². The van der Waals surface area contributed by atoms with Gasteiger partial charge in [0.2, 0.25) is 0 Å². The Hall–Kier alpha value is -2.29. The number of aliphatic imine (C=N–C) groups is 1. The molecule has 8 heteroatoms. The van der Waals surface area contributed by atoms with Gasteiger partial charge in [-0.1, -0.05) is 5.57 Å². The minimum atomic E-state index is -0.408. The fraction of sp³-hybridized carbons (Fsp3) is 0.552. The second-order valence-corrected chi connectivity index (χ2v) is 11.9. The molecule has 2 aromatic heterocycles. The predicted molar refractivity (Wildman–Crippen MR) is 151 cm³/mol. The number of likely N-dealkylation sites (tertiary alicyclic amines) is 2. The molecular formula is C29H38BrN5O2. The van der Waals surface area contributed by atoms with Crippen molar-refractivity contribution in [3.05, 3.63) is 51.3 Å². The number of nitrogens with zero attached hydrogens (tertiary/aromatic N) is 4. The Bertz CT molecular complexity index is 1260. The second-order valence-electron chi connectivity index (χ2n) is 11.0. The SMILES string of the molecule is CC1=CC(C)=NC(=O)C1CNC(=O)c1cc2cc(Br)cn2c(C(C)N2CCC(N3CCCC3)CC2)c1C. The molecule has 37 heavy (non-hydrogen) atoms. The molecule has 198 valence electrons. The quantitative estimate of drug-likeness (QED) is 0.537. The number of carbonyl (C=O) groups excluding carboxylic acids is 2. The molecule has 5 rings (SSSR count). The van der Waals surface area contributed by atoms with Gasteiger partial charge in [0, 0.05) is 64.9 Å². The number of aromatic nitrogens is 1. The van der Waals surface area contributed by atoms with Crippen LogP contribution in [0, 0.1) is 12.8 Å². The molecule has 7 nitrogen and oxygen atoms in total. The number of pyridine rings is 1. The normalized spacial score (nSPS) is 22.8. The van der Waals surface area contributed by atoms with Crippen molar-refractivity contribution in [3.8, 4) is 0 Å². The van der Waals surface area contributed by atoms with E-state index in [1.165, 1.54) is 38.8 Å². The summed E-state index contributed by atoms with van der Waals surface area (Å²) in [6, 6.07) is 4.90. The van der Waals surface area contributed by atoms with E-state index in [1.54, 1.807) is 0 Å². The summed E-state index contributed by atoms with van der Waals surface area (Å²) in [5.41, 5.74) is 5.44. The summed E-state index contributed by atoms with van der Waals surface area (Å²) in [6.07, 6.45) is 9.09. The van der Waals surface area contributed by atoms with Crippen LogP contribution in [0.25, 0.3) is 5.52 Å². The molecule has 0 bridgehead atoms. The maximum Gasteiger partial charge on any atom is 0.254 e. The topological polar surface area (TPSA) is 69.4 Å². The Morgan fingerprint density at radius 1 is 1.14 bits per heavy atom. The number of nitrogens with one attached hydrogen (secondary N) is 1. The number of fused-ring (bicyclic) bond motifs is 1. The maximum absolute atomic E-state index is 13.5. The first kappa shape index (κ1) is 26.3. The number of carbonyl (C=O) groups is 2. The zero-order chi connectivity index (χ0) is 26.3. The van der Waals surface area contributed by atoms with Crippen LogP contribution in [0.5, 0.6) is 0 Å². The third-order valence-corrected chi connectivity index (χ3v) is 8.97. The first-order chi connectivity index (χ1) is 17.7. The molecule has 0 radical (unpaired) electrons. The lowest BCUT2D eigenvalue weighted by Gasteiger charge is -2.40. The predicted octanol–water partition coefficient (Wildman–Crippen LogP) is 4.92. The Kier molecular flexibility index (Phi) is 7.70. The van der Waals surface area contributed by atoms with Crippen LogP contribution in [-0.2, 0) is 4.79 Å². The molecule has 0 saturated carbocycles. The van der Waals surface area contributed by atoms with Crippen LogP contribution < -0.4 is 5.32 Å². The Labute approximate surface area is 228 Å². The van der Waals surface area contributed by atoms with E-state index >= 15 is 0 Å². The molecule has 2 unspecified atom stereocenters. The number of dihydropyridines is 1. The van der Waals surface area contributed by atoms with E-state index < -0.39 is 5.92 Å². The van der Waals surface area contributed by atoms with Crippen LogP contribution in [0.4, 0.5) is 0 Å². The summed E-state index contributed by atoms with van der Waals surface area (Å²) in [5, 5.41) is 3.03. The number of rotatable bonds is 6. The summed E-state index contributed by atoms with van der Waals surface area (Å²) in [7, 11) is 0. The van der Waals surface area contributed by atoms with Crippen LogP contribution in [-0.4, -0.2) is 70.5 Å². The van der Waals surface area contributed by atoms with Gasteiger partial charge in [0.25, 0.3) is 11.8 Å². The van der Waals surface area contributed by atoms with Crippen molar-refractivity contribution in [2.24, 2.45) is 10.9 Å². The molecule has 2 fully saturated rings. The highest BCUT2D eigenvalue weighted by Crippen LogP contribution is 2.33. The molecule has 0 aromatic carbocycles. The lowest BCUT2D eigenvalue weighted by Crippen LogP contribution is -2.44. The van der Waals surface area contributed by atoms with Crippen molar-refractivity contribution in [2.75, 3.05) is 32.7 Å². The number of piperidine rings is 1. The second kappa shape index (κ2) is 10.8. The minimum absolute atomic E-state index is 0.148. The zero-order valence-corrected chi connectivity index (χ0v) is 24.0. The van der Waals surface area contributed by atoms with Crippen LogP contribution in [0.3, 0.4) is 0 Å². The summed E-state index contributed by atoms with van der Waals surface area (Å²) in [5.74, 6) is -0.744. The van der Waals surface area contributed by atoms with E-state index in [9.17, 15) is 9.59 Å². The highest BCUT2D eigenvalue weighted by molar-refractivity contribution is 9.10. The molecule has 3 aliphatic rings. The van der Waals surface area contributed by atoms with E-state index in [-0.39, 0.29) is 24.4 Å². The lowest BCUT2D eigenvalue weighted by molar-refractivity contribution is -0.120. The van der Waals surface area contributed by atoms with Gasteiger partial charge in [0.05, 0.1) is 5.92 Å². The number of hydrogen-bond donors (Lipinski definition) is 1. The molecular weight excluding hydrogens is 530 g/mol. The molecule has 1 N–H and O–H groups in total. The van der Waals surface area contributed by atoms with Gasteiger partial charge in [-0.2, -0.15) is 0 Å². The summed E-state index contributed by atoms with van der Waals surface area (Å²) >= 11 is 3.64. The van der Waals surface area contributed by atoms with Gasteiger partial charge in [-0.25, -0.2) is 4.99 Å². The summed E-state index contributed by atoms with van der Waals surface area (Å²) in [6.45, 7) is 13.0. The van der Waals surface area contributed by atoms with Crippen molar-refractivity contribution in [1.82, 2.24) is 19.5 Å². The molecule has 3 aliphatic heterocycles. The molecule has 2 aromatic rings. The Morgan fingerprint density at radius 2 is 1.84 bits per heavy atom. The number of halogens is 1. The Morgan fingerprint density at radius 3 is 2.51 bits per heavy atom. The van der Waals surface area contributed by atoms with E-state index in [0.717, 1.165) is 39.9 Å². The smallest absolute Gasteiger partial charge is 0.254 e. The van der Waals surface area contributed by atoms with Crippen molar-refractivity contribution in [2.45, 2.75) is 65.5 Å². The zero-order valence-electron chi connectivity index (χ0n) is 22.4. The lowest BCUT2D eigenvalue weighted by atomic mass is 9.95. The van der Waals surface area contributed by atoms with E-state index in [4.69, 9.17) is 0 Å². The number of allylic oxidation sites excluding steroid dienone is 1. The van der Waals surface area contributed by atoms with Crippen molar-refractivity contribution < 1.29 is 9.59 Å². The van der Waals surface area contributed by atoms with Crippen LogP contribution in [0.15, 0.2) is 39.4 Å². The minimum Gasteiger partial charge on any atom is -0.351 e. The third-order valence-electron chi connectivity index (χ3n) is 8.54. The summed E-state index contributed by atoms with van der Waals surface area (Å²) in [4.78, 5) is 35.2. The molecule has 2 atom stereocenters. The van der Waals surface area contributed by atoms with E-state index in [2.05, 4.69) is 66.6 Å². The molecule has 0 aliphatic carbocycles. The van der Waals surface area contributed by atoms with Crippen molar-refractivity contribution >= 4 is 39.0 Å². The highest BCUT2D eigenvalue weighted by atomic mass is 79.9. The third kappa shape index (κ3) is 5.33. The number of amides is 2. The number of hydrogen-bond acceptors (Lipinski definition) is 4. The molecule has 5 heterocycles. The fourth-order valence-corrected chi connectivity index (χ4v) is 6.90. The first-order valence-corrected chi connectivity index (χ1v) is 14.4. The van der Waals surface area contributed by atoms with Gasteiger partial charge in [-0.05, 0) is 106 Å². The molecule has 2 amide bonds. The summed E-state index contributed by atoms with van der Waals surface area (Å²) < 4.78 is 3.22. The van der Waals surface area contributed by atoms with Gasteiger partial charge in [0.1, 0.15) is 0 Å². The maximum atomic E-state index is 13.5. The van der Waals surface area contributed by atoms with Gasteiger partial charge in [-0.15, -0.1) is 0 Å². The van der Waals surface area contributed by atoms with Crippen molar-refractivity contribution in [1.29, 1.82) is 0 Å². The van der Waals surface area contributed by atoms with E-state index in [1.807, 2.05) is 26.0 Å². The van der Waals surface area contributed by atoms with Gasteiger partial charge < -0.3 is 14.6 Å². The molecule has 0 spiro atoms. The average Bonchev–Trinajstić information content (AvgIpc) is 3.52. The van der Waals surface area contributed by atoms with Gasteiger partial charge >= 0.3 is 0 Å². The van der Waals surface area contributed by atoms with Crippen LogP contribution in [0.1, 0.15) is 74.1 Å². The van der Waals surface area contributed by atoms with Crippen LogP contribution in [0.2, 0.25) is 0 Å². The van der Waals surface area contributed by atoms with Crippen LogP contribution >= 0.6 is 15.9 Å².